The second kappa shape index (κ2) is 16.4. The summed E-state index contributed by atoms with van der Waals surface area (Å²) in [6.45, 7) is 5.69. The maximum atomic E-state index is 7.66. The molecule has 0 spiro atoms. The number of hydrogen-bond acceptors (Lipinski definition) is 2. The quantitative estimate of drug-likeness (QED) is 0.206. The second-order valence-corrected chi connectivity index (χ2v) is 15.9. The molecule has 4 aliphatic carbocycles. The highest BCUT2D eigenvalue weighted by Crippen LogP contribution is 2.47. The molecular formula is C34H64O2Si. The fourth-order valence-electron chi connectivity index (χ4n) is 9.32. The van der Waals surface area contributed by atoms with Crippen LogP contribution < -0.4 is 0 Å². The van der Waals surface area contributed by atoms with Gasteiger partial charge in [-0.15, -0.1) is 0 Å². The molecule has 4 rings (SSSR count). The van der Waals surface area contributed by atoms with E-state index in [9.17, 15) is 0 Å². The first kappa shape index (κ1) is 30.1. The molecule has 3 heteroatoms. The van der Waals surface area contributed by atoms with Gasteiger partial charge in [0.05, 0.1) is 5.60 Å². The third kappa shape index (κ3) is 9.07. The minimum absolute atomic E-state index is 0.0538. The first-order valence-electron chi connectivity index (χ1n) is 17.5. The fourth-order valence-corrected chi connectivity index (χ4v) is 12.2. The van der Waals surface area contributed by atoms with Crippen molar-refractivity contribution in [3.05, 3.63) is 0 Å². The highest BCUT2D eigenvalue weighted by atomic mass is 28.3. The van der Waals surface area contributed by atoms with E-state index >= 15 is 0 Å². The second-order valence-electron chi connectivity index (χ2n) is 14.0. The van der Waals surface area contributed by atoms with Crippen LogP contribution in [0, 0.1) is 29.6 Å². The smallest absolute Gasteiger partial charge is 0.322 e. The maximum Gasteiger partial charge on any atom is 0.322 e. The summed E-state index contributed by atoms with van der Waals surface area (Å²) < 4.78 is 14.4. The molecule has 37 heavy (non-hydrogen) atoms. The molecule has 0 aliphatic heterocycles. The maximum absolute atomic E-state index is 7.66. The summed E-state index contributed by atoms with van der Waals surface area (Å²) in [6.07, 6.45) is 34.7. The van der Waals surface area contributed by atoms with Crippen molar-refractivity contribution in [3.63, 3.8) is 0 Å². The highest BCUT2D eigenvalue weighted by molar-refractivity contribution is 6.44. The van der Waals surface area contributed by atoms with Gasteiger partial charge in [0.15, 0.2) is 0 Å². The van der Waals surface area contributed by atoms with E-state index in [1.807, 2.05) is 0 Å². The van der Waals surface area contributed by atoms with E-state index < -0.39 is 9.28 Å². The zero-order valence-corrected chi connectivity index (χ0v) is 26.3. The molecule has 4 aliphatic rings. The van der Waals surface area contributed by atoms with Gasteiger partial charge >= 0.3 is 9.28 Å². The summed E-state index contributed by atoms with van der Waals surface area (Å²) in [5, 5.41) is 0. The Balaban J connectivity index is 1.56. The van der Waals surface area contributed by atoms with Gasteiger partial charge in [-0.05, 0) is 75.2 Å². The average Bonchev–Trinajstić information content (AvgIpc) is 3.52. The Bertz CT molecular complexity index is 537. The van der Waals surface area contributed by atoms with Crippen molar-refractivity contribution in [3.8, 4) is 0 Å². The molecule has 0 N–H and O–H groups in total. The third-order valence-electron chi connectivity index (χ3n) is 11.5. The first-order valence-corrected chi connectivity index (χ1v) is 19.3. The molecule has 1 atom stereocenters. The summed E-state index contributed by atoms with van der Waals surface area (Å²) in [5.41, 5.74) is 0.0538. The van der Waals surface area contributed by atoms with E-state index in [0.717, 1.165) is 36.2 Å². The fraction of sp³-hybridized carbons (Fsp3) is 1.00. The SMILES string of the molecule is CCO[SiH](CC(C1CCCCCC1)C1CCCCCC1)OC(C)(C1CCCCCC1)C1CCCCCC1. The normalized spacial score (nSPS) is 26.4. The molecule has 0 bridgehead atoms. The van der Waals surface area contributed by atoms with Crippen molar-refractivity contribution < 1.29 is 8.85 Å². The van der Waals surface area contributed by atoms with E-state index in [-0.39, 0.29) is 5.60 Å². The van der Waals surface area contributed by atoms with Crippen LogP contribution in [0.1, 0.15) is 168 Å². The zero-order chi connectivity index (χ0) is 25.8. The minimum Gasteiger partial charge on any atom is -0.397 e. The van der Waals surface area contributed by atoms with Gasteiger partial charge in [-0.25, -0.2) is 0 Å². The Hall–Kier alpha value is 0.137. The third-order valence-corrected chi connectivity index (χ3v) is 13.9. The van der Waals surface area contributed by atoms with Crippen molar-refractivity contribution in [2.24, 2.45) is 29.6 Å². The molecule has 0 aromatic heterocycles. The summed E-state index contributed by atoms with van der Waals surface area (Å²) >= 11 is 0. The lowest BCUT2D eigenvalue weighted by Crippen LogP contribution is -2.50. The van der Waals surface area contributed by atoms with Gasteiger partial charge in [0.1, 0.15) is 0 Å². The van der Waals surface area contributed by atoms with Crippen molar-refractivity contribution >= 4 is 9.28 Å². The van der Waals surface area contributed by atoms with Gasteiger partial charge in [0, 0.05) is 6.61 Å². The van der Waals surface area contributed by atoms with Crippen LogP contribution >= 0.6 is 0 Å². The molecule has 0 aromatic carbocycles. The lowest BCUT2D eigenvalue weighted by Gasteiger charge is -2.47. The van der Waals surface area contributed by atoms with Crippen LogP contribution in [-0.2, 0) is 8.85 Å². The Morgan fingerprint density at radius 1 is 0.568 bits per heavy atom. The monoisotopic (exact) mass is 532 g/mol. The van der Waals surface area contributed by atoms with Crippen LogP contribution in [0.5, 0.6) is 0 Å². The van der Waals surface area contributed by atoms with Crippen LogP contribution in [-0.4, -0.2) is 21.5 Å². The van der Waals surface area contributed by atoms with Crippen LogP contribution in [0.4, 0.5) is 0 Å². The topological polar surface area (TPSA) is 18.5 Å². The van der Waals surface area contributed by atoms with E-state index in [0.29, 0.717) is 0 Å². The van der Waals surface area contributed by atoms with E-state index in [1.165, 1.54) is 160 Å². The van der Waals surface area contributed by atoms with Gasteiger partial charge in [0.25, 0.3) is 0 Å². The van der Waals surface area contributed by atoms with Crippen LogP contribution in [0.3, 0.4) is 0 Å². The summed E-state index contributed by atoms with van der Waals surface area (Å²) in [4.78, 5) is 0. The molecule has 1 unspecified atom stereocenters. The molecule has 0 aromatic rings. The molecule has 0 heterocycles. The van der Waals surface area contributed by atoms with Crippen LogP contribution in [0.25, 0.3) is 0 Å². The predicted molar refractivity (Wildman–Crippen MR) is 161 cm³/mol. The molecular weight excluding hydrogens is 468 g/mol. The molecule has 4 saturated carbocycles. The minimum atomic E-state index is -1.76. The predicted octanol–water partition coefficient (Wildman–Crippen LogP) is 10.5. The van der Waals surface area contributed by atoms with Gasteiger partial charge < -0.3 is 8.85 Å². The van der Waals surface area contributed by atoms with Gasteiger partial charge in [-0.3, -0.25) is 0 Å². The van der Waals surface area contributed by atoms with Crippen LogP contribution in [0.2, 0.25) is 6.04 Å². The van der Waals surface area contributed by atoms with Crippen molar-refractivity contribution in [2.45, 2.75) is 180 Å². The number of rotatable bonds is 10. The summed E-state index contributed by atoms with van der Waals surface area (Å²) in [5.74, 6) is 4.25. The lowest BCUT2D eigenvalue weighted by molar-refractivity contribution is -0.0613. The number of hydrogen-bond donors (Lipinski definition) is 0. The van der Waals surface area contributed by atoms with Gasteiger partial charge in [-0.2, -0.15) is 0 Å². The molecule has 0 radical (unpaired) electrons. The van der Waals surface area contributed by atoms with Crippen LogP contribution in [0.15, 0.2) is 0 Å². The largest absolute Gasteiger partial charge is 0.397 e. The molecule has 0 amide bonds. The Kier molecular flexibility index (Phi) is 13.4. The highest BCUT2D eigenvalue weighted by Gasteiger charge is 2.45. The van der Waals surface area contributed by atoms with Crippen molar-refractivity contribution in [2.75, 3.05) is 6.61 Å². The zero-order valence-electron chi connectivity index (χ0n) is 25.2. The lowest BCUT2D eigenvalue weighted by atomic mass is 9.72. The first-order chi connectivity index (χ1) is 18.2. The van der Waals surface area contributed by atoms with Gasteiger partial charge in [-0.1, -0.05) is 128 Å². The van der Waals surface area contributed by atoms with Crippen molar-refractivity contribution in [1.29, 1.82) is 0 Å². The van der Waals surface area contributed by atoms with Crippen molar-refractivity contribution in [1.82, 2.24) is 0 Å². The Morgan fingerprint density at radius 3 is 1.27 bits per heavy atom. The standard InChI is InChI=1S/C34H64O2Si/c1-3-35-37(28-33(29-20-12-4-5-13-21-29)30-22-14-6-7-15-23-30)36-34(2,31-24-16-8-9-17-25-31)32-26-18-10-11-19-27-32/h29-33,37H,3-28H2,1-2H3. The molecule has 2 nitrogen and oxygen atoms in total. The van der Waals surface area contributed by atoms with E-state index in [2.05, 4.69) is 13.8 Å². The van der Waals surface area contributed by atoms with E-state index in [1.54, 1.807) is 0 Å². The molecule has 216 valence electrons. The van der Waals surface area contributed by atoms with E-state index in [4.69, 9.17) is 8.85 Å². The van der Waals surface area contributed by atoms with Gasteiger partial charge in [0.2, 0.25) is 0 Å². The molecule has 4 fully saturated rings. The average molecular weight is 533 g/mol. The molecule has 0 saturated heterocycles. The Labute approximate surface area is 233 Å². The summed E-state index contributed by atoms with van der Waals surface area (Å²) in [6, 6.07) is 1.30. The summed E-state index contributed by atoms with van der Waals surface area (Å²) in [7, 11) is -1.76. The Morgan fingerprint density at radius 2 is 0.919 bits per heavy atom.